The highest BCUT2D eigenvalue weighted by molar-refractivity contribution is 7.92. The van der Waals surface area contributed by atoms with E-state index in [9.17, 15) is 17.6 Å². The summed E-state index contributed by atoms with van der Waals surface area (Å²) in [5.41, 5.74) is 2.90. The number of aryl methyl sites for hydroxylation is 1. The summed E-state index contributed by atoms with van der Waals surface area (Å²) in [6, 6.07) is 10.9. The Bertz CT molecular complexity index is 882. The largest absolute Gasteiger partial charge is 0.326 e. The van der Waals surface area contributed by atoms with Crippen molar-refractivity contribution in [3.8, 4) is 0 Å². The third-order valence-electron chi connectivity index (χ3n) is 3.92. The number of amides is 1. The molecule has 1 amide bonds. The van der Waals surface area contributed by atoms with E-state index in [0.717, 1.165) is 27.8 Å². The smallest absolute Gasteiger partial charge is 0.232 e. The fraction of sp³-hybridized carbons (Fsp3) is 0.278. The van der Waals surface area contributed by atoms with Gasteiger partial charge in [0.15, 0.2) is 0 Å². The summed E-state index contributed by atoms with van der Waals surface area (Å²) in [5.74, 6) is -0.843. The fourth-order valence-corrected chi connectivity index (χ4v) is 3.34. The van der Waals surface area contributed by atoms with Crippen molar-refractivity contribution in [2.75, 3.05) is 22.4 Å². The predicted octanol–water partition coefficient (Wildman–Crippen LogP) is 3.24. The number of sulfonamides is 1. The first kappa shape index (κ1) is 18.9. The van der Waals surface area contributed by atoms with E-state index in [-0.39, 0.29) is 24.6 Å². The van der Waals surface area contributed by atoms with Crippen molar-refractivity contribution in [2.45, 2.75) is 20.3 Å². The molecule has 0 saturated heterocycles. The highest BCUT2D eigenvalue weighted by Gasteiger charge is 2.19. The highest BCUT2D eigenvalue weighted by Crippen LogP contribution is 2.20. The minimum atomic E-state index is -3.63. The second-order valence-electron chi connectivity index (χ2n) is 5.86. The average molecular weight is 364 g/mol. The van der Waals surface area contributed by atoms with Gasteiger partial charge in [0, 0.05) is 18.7 Å². The van der Waals surface area contributed by atoms with Crippen molar-refractivity contribution in [1.82, 2.24) is 0 Å². The van der Waals surface area contributed by atoms with E-state index < -0.39 is 15.8 Å². The molecule has 2 rings (SSSR count). The number of hydrogen-bond donors (Lipinski definition) is 1. The number of hydrogen-bond acceptors (Lipinski definition) is 3. The fourth-order valence-electron chi connectivity index (χ4n) is 2.42. The predicted molar refractivity (Wildman–Crippen MR) is 97.8 cm³/mol. The molecule has 0 radical (unpaired) electrons. The summed E-state index contributed by atoms with van der Waals surface area (Å²) in [4.78, 5) is 12.2. The van der Waals surface area contributed by atoms with Crippen LogP contribution < -0.4 is 9.62 Å². The number of halogens is 1. The van der Waals surface area contributed by atoms with E-state index >= 15 is 0 Å². The van der Waals surface area contributed by atoms with E-state index in [4.69, 9.17) is 0 Å². The van der Waals surface area contributed by atoms with Crippen LogP contribution in [-0.2, 0) is 14.8 Å². The van der Waals surface area contributed by atoms with Crippen molar-refractivity contribution in [2.24, 2.45) is 0 Å². The summed E-state index contributed by atoms with van der Waals surface area (Å²) in [6.07, 6.45) is 0.984. The van der Waals surface area contributed by atoms with Gasteiger partial charge in [-0.1, -0.05) is 18.2 Å². The van der Waals surface area contributed by atoms with Gasteiger partial charge in [-0.25, -0.2) is 12.8 Å². The lowest BCUT2D eigenvalue weighted by molar-refractivity contribution is -0.116. The highest BCUT2D eigenvalue weighted by atomic mass is 32.2. The molecule has 25 heavy (non-hydrogen) atoms. The first-order chi connectivity index (χ1) is 11.7. The monoisotopic (exact) mass is 364 g/mol. The molecule has 0 heterocycles. The molecule has 2 aromatic rings. The van der Waals surface area contributed by atoms with Crippen LogP contribution in [0.25, 0.3) is 0 Å². The van der Waals surface area contributed by atoms with Crippen molar-refractivity contribution < 1.29 is 17.6 Å². The number of carbonyl (C=O) groups is 1. The lowest BCUT2D eigenvalue weighted by Crippen LogP contribution is -2.33. The van der Waals surface area contributed by atoms with E-state index in [2.05, 4.69) is 5.32 Å². The van der Waals surface area contributed by atoms with Gasteiger partial charge in [-0.2, -0.15) is 0 Å². The summed E-state index contributed by atoms with van der Waals surface area (Å²) in [6.45, 7) is 3.78. The van der Waals surface area contributed by atoms with Crippen molar-refractivity contribution in [3.63, 3.8) is 0 Å². The SMILES string of the molecule is Cc1cccc(NC(=O)CCN(c2cccc(F)c2)S(C)(=O)=O)c1C. The molecule has 134 valence electrons. The number of benzene rings is 2. The van der Waals surface area contributed by atoms with Crippen molar-refractivity contribution >= 4 is 27.3 Å². The van der Waals surface area contributed by atoms with Crippen LogP contribution >= 0.6 is 0 Å². The van der Waals surface area contributed by atoms with Gasteiger partial charge in [0.05, 0.1) is 11.9 Å². The molecule has 0 aliphatic rings. The summed E-state index contributed by atoms with van der Waals surface area (Å²) >= 11 is 0. The van der Waals surface area contributed by atoms with Crippen LogP contribution in [0.15, 0.2) is 42.5 Å². The first-order valence-electron chi connectivity index (χ1n) is 7.78. The molecule has 0 fully saturated rings. The molecule has 0 bridgehead atoms. The van der Waals surface area contributed by atoms with Gasteiger partial charge < -0.3 is 5.32 Å². The Morgan fingerprint density at radius 1 is 1.16 bits per heavy atom. The minimum Gasteiger partial charge on any atom is -0.326 e. The Morgan fingerprint density at radius 3 is 2.48 bits per heavy atom. The van der Waals surface area contributed by atoms with Crippen LogP contribution in [0.1, 0.15) is 17.5 Å². The molecule has 0 unspecified atom stereocenters. The van der Waals surface area contributed by atoms with Gasteiger partial charge in [-0.05, 0) is 49.2 Å². The summed E-state index contributed by atoms with van der Waals surface area (Å²) in [7, 11) is -3.63. The molecule has 0 aromatic heterocycles. The van der Waals surface area contributed by atoms with Crippen LogP contribution in [0.3, 0.4) is 0 Å². The van der Waals surface area contributed by atoms with Gasteiger partial charge in [-0.3, -0.25) is 9.10 Å². The molecule has 7 heteroatoms. The summed E-state index contributed by atoms with van der Waals surface area (Å²) in [5, 5.41) is 2.79. The van der Waals surface area contributed by atoms with Gasteiger partial charge in [-0.15, -0.1) is 0 Å². The Hall–Kier alpha value is -2.41. The topological polar surface area (TPSA) is 66.5 Å². The zero-order valence-corrected chi connectivity index (χ0v) is 15.2. The van der Waals surface area contributed by atoms with Crippen LogP contribution in [0.4, 0.5) is 15.8 Å². The number of nitrogens with one attached hydrogen (secondary N) is 1. The zero-order valence-electron chi connectivity index (χ0n) is 14.4. The van der Waals surface area contributed by atoms with Gasteiger partial charge in [0.1, 0.15) is 5.82 Å². The molecule has 0 spiro atoms. The number of nitrogens with zero attached hydrogens (tertiary/aromatic N) is 1. The standard InChI is InChI=1S/C18H21FN2O3S/c1-13-6-4-9-17(14(13)2)20-18(22)10-11-21(25(3,23)24)16-8-5-7-15(19)12-16/h4-9,12H,10-11H2,1-3H3,(H,20,22). The van der Waals surface area contributed by atoms with E-state index in [1.807, 2.05) is 26.0 Å². The van der Waals surface area contributed by atoms with Crippen LogP contribution in [0.2, 0.25) is 0 Å². The number of anilines is 2. The molecular weight excluding hydrogens is 343 g/mol. The molecule has 5 nitrogen and oxygen atoms in total. The maximum atomic E-state index is 13.4. The lowest BCUT2D eigenvalue weighted by Gasteiger charge is -2.22. The van der Waals surface area contributed by atoms with Crippen molar-refractivity contribution in [3.05, 3.63) is 59.4 Å². The second-order valence-corrected chi connectivity index (χ2v) is 7.77. The van der Waals surface area contributed by atoms with Gasteiger partial charge in [0.2, 0.25) is 15.9 Å². The first-order valence-corrected chi connectivity index (χ1v) is 9.62. The molecule has 0 aliphatic carbocycles. The van der Waals surface area contributed by atoms with Crippen LogP contribution in [0.5, 0.6) is 0 Å². The summed E-state index contributed by atoms with van der Waals surface area (Å²) < 4.78 is 38.4. The Balaban J connectivity index is 2.10. The third-order valence-corrected chi connectivity index (χ3v) is 5.11. The minimum absolute atomic E-state index is 0.0447. The van der Waals surface area contributed by atoms with Crippen molar-refractivity contribution in [1.29, 1.82) is 0 Å². The lowest BCUT2D eigenvalue weighted by atomic mass is 10.1. The Kier molecular flexibility index (Phi) is 5.79. The average Bonchev–Trinajstić information content (AvgIpc) is 2.51. The quantitative estimate of drug-likeness (QED) is 0.856. The zero-order chi connectivity index (χ0) is 18.6. The van der Waals surface area contributed by atoms with E-state index in [1.165, 1.54) is 18.2 Å². The normalized spacial score (nSPS) is 11.2. The second kappa shape index (κ2) is 7.65. The number of rotatable bonds is 6. The number of carbonyl (C=O) groups excluding carboxylic acids is 1. The maximum absolute atomic E-state index is 13.4. The molecule has 0 atom stereocenters. The Morgan fingerprint density at radius 2 is 1.84 bits per heavy atom. The van der Waals surface area contributed by atoms with Gasteiger partial charge >= 0.3 is 0 Å². The third kappa shape index (κ3) is 5.03. The van der Waals surface area contributed by atoms with Gasteiger partial charge in [0.25, 0.3) is 0 Å². The van der Waals surface area contributed by atoms with E-state index in [0.29, 0.717) is 5.69 Å². The molecular formula is C18H21FN2O3S. The van der Waals surface area contributed by atoms with Crippen LogP contribution in [0, 0.1) is 19.7 Å². The molecule has 0 saturated carbocycles. The molecule has 1 N–H and O–H groups in total. The molecule has 0 aliphatic heterocycles. The maximum Gasteiger partial charge on any atom is 0.232 e. The Labute approximate surface area is 147 Å². The molecule has 2 aromatic carbocycles. The van der Waals surface area contributed by atoms with E-state index in [1.54, 1.807) is 6.07 Å². The van der Waals surface area contributed by atoms with Crippen LogP contribution in [-0.4, -0.2) is 27.1 Å².